The van der Waals surface area contributed by atoms with Gasteiger partial charge in [0.25, 0.3) is 0 Å². The molecule has 1 aromatic carbocycles. The van der Waals surface area contributed by atoms with E-state index in [1.165, 1.54) is 0 Å². The van der Waals surface area contributed by atoms with Crippen molar-refractivity contribution in [2.45, 2.75) is 19.9 Å². The van der Waals surface area contributed by atoms with Gasteiger partial charge < -0.3 is 9.84 Å². The summed E-state index contributed by atoms with van der Waals surface area (Å²) in [7, 11) is 0. The van der Waals surface area contributed by atoms with Crippen LogP contribution in [0.4, 0.5) is 5.88 Å². The van der Waals surface area contributed by atoms with Gasteiger partial charge in [0.1, 0.15) is 0 Å². The Labute approximate surface area is 146 Å². The molecule has 1 amide bonds. The minimum absolute atomic E-state index is 0.0464. The number of carbonyl (C=O) groups is 1. The number of nitrogens with zero attached hydrogens (tertiary/aromatic N) is 2. The van der Waals surface area contributed by atoms with E-state index in [9.17, 15) is 4.79 Å². The Hall–Kier alpha value is -2.99. The Morgan fingerprint density at radius 1 is 1.20 bits per heavy atom. The van der Waals surface area contributed by atoms with Gasteiger partial charge in [0.05, 0.1) is 12.2 Å². The molecule has 3 aromatic rings. The monoisotopic (exact) mass is 336 g/mol. The molecule has 0 aliphatic rings. The van der Waals surface area contributed by atoms with Gasteiger partial charge in [0.15, 0.2) is 0 Å². The third-order valence-corrected chi connectivity index (χ3v) is 3.86. The first-order valence-electron chi connectivity index (χ1n) is 8.09. The van der Waals surface area contributed by atoms with Crippen LogP contribution < -0.4 is 10.6 Å². The van der Waals surface area contributed by atoms with Crippen LogP contribution in [0.25, 0.3) is 11.1 Å². The smallest absolute Gasteiger partial charge is 0.240 e. The van der Waals surface area contributed by atoms with Crippen molar-refractivity contribution in [3.05, 3.63) is 66.1 Å². The quantitative estimate of drug-likeness (QED) is 0.722. The maximum Gasteiger partial charge on any atom is 0.240 e. The lowest BCUT2D eigenvalue weighted by atomic mass is 10.0. The van der Waals surface area contributed by atoms with Crippen LogP contribution in [0.3, 0.4) is 0 Å². The van der Waals surface area contributed by atoms with Crippen molar-refractivity contribution in [3.8, 4) is 11.1 Å². The molecular weight excluding hydrogens is 316 g/mol. The highest BCUT2D eigenvalue weighted by atomic mass is 16.5. The van der Waals surface area contributed by atoms with Crippen molar-refractivity contribution < 1.29 is 9.32 Å². The summed E-state index contributed by atoms with van der Waals surface area (Å²) in [5.41, 5.74) is 4.03. The van der Waals surface area contributed by atoms with E-state index in [0.29, 0.717) is 5.88 Å². The van der Waals surface area contributed by atoms with E-state index in [0.717, 1.165) is 22.4 Å². The molecular formula is C19H20N4O2. The van der Waals surface area contributed by atoms with Crippen molar-refractivity contribution in [2.75, 3.05) is 11.9 Å². The fraction of sp³-hybridized carbons (Fsp3) is 0.211. The second-order valence-corrected chi connectivity index (χ2v) is 5.85. The average molecular weight is 336 g/mol. The lowest BCUT2D eigenvalue weighted by Gasteiger charge is -2.14. The van der Waals surface area contributed by atoms with E-state index in [1.807, 2.05) is 25.3 Å². The molecule has 0 saturated heterocycles. The minimum Gasteiger partial charge on any atom is -0.338 e. The number of benzene rings is 1. The van der Waals surface area contributed by atoms with Crippen molar-refractivity contribution in [2.24, 2.45) is 0 Å². The van der Waals surface area contributed by atoms with Crippen molar-refractivity contribution in [1.29, 1.82) is 0 Å². The highest BCUT2D eigenvalue weighted by Crippen LogP contribution is 2.21. The van der Waals surface area contributed by atoms with Crippen LogP contribution in [-0.4, -0.2) is 22.6 Å². The van der Waals surface area contributed by atoms with Crippen LogP contribution >= 0.6 is 0 Å². The first-order valence-corrected chi connectivity index (χ1v) is 8.09. The lowest BCUT2D eigenvalue weighted by molar-refractivity contribution is -0.115. The molecule has 2 heterocycles. The maximum absolute atomic E-state index is 11.9. The molecule has 0 spiro atoms. The topological polar surface area (TPSA) is 80.0 Å². The van der Waals surface area contributed by atoms with Crippen molar-refractivity contribution >= 4 is 11.8 Å². The molecule has 128 valence electrons. The first-order chi connectivity index (χ1) is 12.1. The molecule has 6 nitrogen and oxygen atoms in total. The zero-order chi connectivity index (χ0) is 17.6. The van der Waals surface area contributed by atoms with E-state index >= 15 is 0 Å². The zero-order valence-electron chi connectivity index (χ0n) is 14.2. The molecule has 2 aromatic heterocycles. The molecule has 25 heavy (non-hydrogen) atoms. The van der Waals surface area contributed by atoms with Crippen molar-refractivity contribution in [1.82, 2.24) is 15.5 Å². The van der Waals surface area contributed by atoms with E-state index in [4.69, 9.17) is 4.52 Å². The number of rotatable bonds is 6. The molecule has 0 aliphatic heterocycles. The number of hydrogen-bond donors (Lipinski definition) is 2. The molecule has 1 unspecified atom stereocenters. The van der Waals surface area contributed by atoms with Gasteiger partial charge in [-0.15, -0.1) is 0 Å². The molecule has 6 heteroatoms. The van der Waals surface area contributed by atoms with E-state index in [-0.39, 0.29) is 18.5 Å². The summed E-state index contributed by atoms with van der Waals surface area (Å²) in [6.07, 6.45) is 3.60. The van der Waals surface area contributed by atoms with Crippen LogP contribution in [0.1, 0.15) is 24.2 Å². The number of pyridine rings is 1. The summed E-state index contributed by atoms with van der Waals surface area (Å²) >= 11 is 0. The average Bonchev–Trinajstić information content (AvgIpc) is 3.05. The zero-order valence-corrected chi connectivity index (χ0v) is 14.2. The van der Waals surface area contributed by atoms with Gasteiger partial charge in [0.2, 0.25) is 11.8 Å². The molecule has 2 N–H and O–H groups in total. The van der Waals surface area contributed by atoms with Gasteiger partial charge in [0, 0.05) is 24.5 Å². The summed E-state index contributed by atoms with van der Waals surface area (Å²) in [4.78, 5) is 16.1. The van der Waals surface area contributed by atoms with Crippen LogP contribution in [0.5, 0.6) is 0 Å². The van der Waals surface area contributed by atoms with Crippen LogP contribution in [0.15, 0.2) is 59.4 Å². The van der Waals surface area contributed by atoms with Gasteiger partial charge in [-0.1, -0.05) is 35.5 Å². The summed E-state index contributed by atoms with van der Waals surface area (Å²) < 4.78 is 4.97. The second kappa shape index (κ2) is 7.72. The number of nitrogens with one attached hydrogen (secondary N) is 2. The largest absolute Gasteiger partial charge is 0.338 e. The predicted octanol–water partition coefficient (Wildman–Crippen LogP) is 3.33. The highest BCUT2D eigenvalue weighted by molar-refractivity contribution is 5.90. The minimum atomic E-state index is -0.171. The molecule has 0 radical (unpaired) electrons. The first kappa shape index (κ1) is 16.9. The Balaban J connectivity index is 1.54. The lowest BCUT2D eigenvalue weighted by Crippen LogP contribution is -2.30. The molecule has 1 atom stereocenters. The fourth-order valence-corrected chi connectivity index (χ4v) is 2.47. The number of aryl methyl sites for hydroxylation is 1. The third kappa shape index (κ3) is 4.51. The van der Waals surface area contributed by atoms with E-state index in [2.05, 4.69) is 45.0 Å². The maximum atomic E-state index is 11.9. The molecule has 3 rings (SSSR count). The predicted molar refractivity (Wildman–Crippen MR) is 96.0 cm³/mol. The Kier molecular flexibility index (Phi) is 5.20. The van der Waals surface area contributed by atoms with Crippen LogP contribution in [0.2, 0.25) is 0 Å². The molecule has 0 bridgehead atoms. The van der Waals surface area contributed by atoms with E-state index < -0.39 is 0 Å². The SMILES string of the molecule is Cc1cc(NC(=O)CNC(C)c2ccc(-c3cccnc3)cc2)on1. The van der Waals surface area contributed by atoms with Gasteiger partial charge in [-0.3, -0.25) is 15.1 Å². The summed E-state index contributed by atoms with van der Waals surface area (Å²) in [5, 5.41) is 9.59. The van der Waals surface area contributed by atoms with E-state index in [1.54, 1.807) is 19.2 Å². The number of anilines is 1. The van der Waals surface area contributed by atoms with Crippen LogP contribution in [0, 0.1) is 6.92 Å². The van der Waals surface area contributed by atoms with Gasteiger partial charge in [-0.2, -0.15) is 0 Å². The Morgan fingerprint density at radius 2 is 2.00 bits per heavy atom. The normalized spacial score (nSPS) is 11.9. The second-order valence-electron chi connectivity index (χ2n) is 5.85. The highest BCUT2D eigenvalue weighted by Gasteiger charge is 2.10. The standard InChI is InChI=1S/C19H20N4O2/c1-13-10-19(25-23-13)22-18(24)12-21-14(2)15-5-7-16(8-6-15)17-4-3-9-20-11-17/h3-11,14,21H,12H2,1-2H3,(H,22,24). The molecule has 0 aliphatic carbocycles. The van der Waals surface area contributed by atoms with Gasteiger partial charge >= 0.3 is 0 Å². The van der Waals surface area contributed by atoms with Crippen molar-refractivity contribution in [3.63, 3.8) is 0 Å². The molecule has 0 saturated carbocycles. The summed E-state index contributed by atoms with van der Waals surface area (Å²) in [6.45, 7) is 4.00. The third-order valence-electron chi connectivity index (χ3n) is 3.86. The number of hydrogen-bond acceptors (Lipinski definition) is 5. The molecule has 0 fully saturated rings. The Bertz CT molecular complexity index is 828. The summed E-state index contributed by atoms with van der Waals surface area (Å²) in [6, 6.07) is 13.9. The fourth-order valence-electron chi connectivity index (χ4n) is 2.47. The van der Waals surface area contributed by atoms with Gasteiger partial charge in [-0.05, 0) is 36.6 Å². The van der Waals surface area contributed by atoms with Crippen LogP contribution in [-0.2, 0) is 4.79 Å². The number of amides is 1. The number of aromatic nitrogens is 2. The Morgan fingerprint density at radius 3 is 2.64 bits per heavy atom. The number of carbonyl (C=O) groups excluding carboxylic acids is 1. The summed E-state index contributed by atoms with van der Waals surface area (Å²) in [5.74, 6) is 0.188. The van der Waals surface area contributed by atoms with Gasteiger partial charge in [-0.25, -0.2) is 0 Å².